The summed E-state index contributed by atoms with van der Waals surface area (Å²) in [6, 6.07) is 67.9. The number of benzene rings is 9. The Morgan fingerprint density at radius 3 is 1.96 bits per heavy atom. The quantitative estimate of drug-likeness (QED) is 0.167. The fraction of sp³-hybridized carbons (Fsp3) is 0. The minimum absolute atomic E-state index is 0.878. The first kappa shape index (κ1) is 30.0. The molecule has 53 heavy (non-hydrogen) atoms. The van der Waals surface area contributed by atoms with Crippen LogP contribution in [0.25, 0.3) is 85.9 Å². The fourth-order valence-electron chi connectivity index (χ4n) is 8.21. The number of para-hydroxylation sites is 1. The molecule has 2 nitrogen and oxygen atoms in total. The van der Waals surface area contributed by atoms with Crippen molar-refractivity contribution in [1.29, 1.82) is 0 Å². The zero-order valence-corrected chi connectivity index (χ0v) is 29.5. The second kappa shape index (κ2) is 11.9. The van der Waals surface area contributed by atoms with Crippen LogP contribution in [0, 0.1) is 0 Å². The van der Waals surface area contributed by atoms with E-state index in [4.69, 9.17) is 4.42 Å². The number of fused-ring (bicyclic) bond motifs is 9. The first-order chi connectivity index (χ1) is 26.3. The van der Waals surface area contributed by atoms with Crippen LogP contribution in [0.5, 0.6) is 0 Å². The number of anilines is 3. The normalized spacial score (nSPS) is 11.8. The van der Waals surface area contributed by atoms with Gasteiger partial charge in [0.25, 0.3) is 0 Å². The van der Waals surface area contributed by atoms with Crippen molar-refractivity contribution in [2.24, 2.45) is 0 Å². The molecule has 0 radical (unpaired) electrons. The Morgan fingerprint density at radius 2 is 1.08 bits per heavy atom. The zero-order valence-electron chi connectivity index (χ0n) is 28.7. The maximum Gasteiger partial charge on any atom is 0.145 e. The van der Waals surface area contributed by atoms with Gasteiger partial charge in [0.05, 0.1) is 11.1 Å². The number of nitrogens with zero attached hydrogens (tertiary/aromatic N) is 1. The lowest BCUT2D eigenvalue weighted by molar-refractivity contribution is 0.670. The van der Waals surface area contributed by atoms with Crippen LogP contribution in [0.15, 0.2) is 192 Å². The lowest BCUT2D eigenvalue weighted by atomic mass is 9.97. The average molecular weight is 694 g/mol. The van der Waals surface area contributed by atoms with Crippen LogP contribution < -0.4 is 4.90 Å². The van der Waals surface area contributed by atoms with Crippen molar-refractivity contribution in [3.8, 4) is 22.3 Å². The Labute approximate surface area is 310 Å². The molecule has 248 valence electrons. The topological polar surface area (TPSA) is 16.4 Å². The molecule has 0 fully saturated rings. The van der Waals surface area contributed by atoms with E-state index >= 15 is 0 Å². The molecule has 2 aromatic heterocycles. The van der Waals surface area contributed by atoms with Gasteiger partial charge in [0.1, 0.15) is 11.2 Å². The molecule has 0 bridgehead atoms. The van der Waals surface area contributed by atoms with Gasteiger partial charge in [-0.2, -0.15) is 0 Å². The average Bonchev–Trinajstić information content (AvgIpc) is 3.81. The van der Waals surface area contributed by atoms with E-state index < -0.39 is 0 Å². The number of rotatable bonds is 5. The predicted octanol–water partition coefficient (Wildman–Crippen LogP) is 15.1. The first-order valence-electron chi connectivity index (χ1n) is 18.0. The molecule has 0 atom stereocenters. The standard InChI is InChI=1S/C50H31NOS/c1-2-11-32(12-3-1)41-29-30-44(49-42-15-6-8-18-45(42)52-50(41)49)51(37-27-28-39-35(31-37)22-21-33-13-4-5-14-38(33)39)36-25-23-34(24-26-36)40-17-10-20-47-48(40)43-16-7-9-19-46(43)53-47/h1-31H. The van der Waals surface area contributed by atoms with E-state index in [0.29, 0.717) is 0 Å². The Balaban J connectivity index is 1.15. The lowest BCUT2D eigenvalue weighted by Gasteiger charge is -2.27. The highest BCUT2D eigenvalue weighted by atomic mass is 32.1. The summed E-state index contributed by atoms with van der Waals surface area (Å²) in [5, 5.41) is 9.78. The highest BCUT2D eigenvalue weighted by Crippen LogP contribution is 2.47. The molecule has 11 aromatic rings. The van der Waals surface area contributed by atoms with Gasteiger partial charge < -0.3 is 9.32 Å². The molecule has 2 heterocycles. The summed E-state index contributed by atoms with van der Waals surface area (Å²) in [6.07, 6.45) is 0. The van der Waals surface area contributed by atoms with E-state index in [1.165, 1.54) is 52.8 Å². The summed E-state index contributed by atoms with van der Waals surface area (Å²) >= 11 is 1.86. The highest BCUT2D eigenvalue weighted by molar-refractivity contribution is 7.25. The molecule has 0 N–H and O–H groups in total. The molecule has 0 amide bonds. The molecule has 0 saturated carbocycles. The largest absolute Gasteiger partial charge is 0.455 e. The maximum absolute atomic E-state index is 6.74. The van der Waals surface area contributed by atoms with Gasteiger partial charge in [-0.3, -0.25) is 0 Å². The Kier molecular flexibility index (Phi) is 6.76. The Hall–Kier alpha value is -6.68. The van der Waals surface area contributed by atoms with E-state index in [-0.39, 0.29) is 0 Å². The number of thiophene rings is 1. The van der Waals surface area contributed by atoms with Gasteiger partial charge in [-0.25, -0.2) is 0 Å². The summed E-state index contributed by atoms with van der Waals surface area (Å²) < 4.78 is 9.37. The van der Waals surface area contributed by atoms with Gasteiger partial charge in [-0.15, -0.1) is 11.3 Å². The van der Waals surface area contributed by atoms with Crippen molar-refractivity contribution >= 4 is 92.1 Å². The van der Waals surface area contributed by atoms with E-state index in [1.807, 2.05) is 17.4 Å². The second-order valence-corrected chi connectivity index (χ2v) is 14.7. The first-order valence-corrected chi connectivity index (χ1v) is 18.8. The second-order valence-electron chi connectivity index (χ2n) is 13.7. The van der Waals surface area contributed by atoms with Crippen molar-refractivity contribution in [3.63, 3.8) is 0 Å². The highest BCUT2D eigenvalue weighted by Gasteiger charge is 2.23. The Bertz CT molecular complexity index is 3170. The minimum Gasteiger partial charge on any atom is -0.455 e. The predicted molar refractivity (Wildman–Crippen MR) is 227 cm³/mol. The van der Waals surface area contributed by atoms with Crippen LogP contribution in [-0.2, 0) is 0 Å². The summed E-state index contributed by atoms with van der Waals surface area (Å²) in [4.78, 5) is 2.40. The summed E-state index contributed by atoms with van der Waals surface area (Å²) in [5.74, 6) is 0. The smallest absolute Gasteiger partial charge is 0.145 e. The van der Waals surface area contributed by atoms with E-state index in [0.717, 1.165) is 50.1 Å². The van der Waals surface area contributed by atoms with Crippen LogP contribution in [0.1, 0.15) is 0 Å². The van der Waals surface area contributed by atoms with Crippen molar-refractivity contribution in [2.75, 3.05) is 4.90 Å². The molecular formula is C50H31NOS. The van der Waals surface area contributed by atoms with E-state index in [9.17, 15) is 0 Å². The number of hydrogen-bond acceptors (Lipinski definition) is 3. The number of hydrogen-bond donors (Lipinski definition) is 0. The molecule has 3 heteroatoms. The molecule has 0 spiro atoms. The Morgan fingerprint density at radius 1 is 0.396 bits per heavy atom. The van der Waals surface area contributed by atoms with Crippen LogP contribution in [0.4, 0.5) is 17.1 Å². The van der Waals surface area contributed by atoms with Gasteiger partial charge in [0, 0.05) is 42.5 Å². The summed E-state index contributed by atoms with van der Waals surface area (Å²) in [7, 11) is 0. The maximum atomic E-state index is 6.74. The molecule has 0 aliphatic carbocycles. The van der Waals surface area contributed by atoms with Crippen molar-refractivity contribution < 1.29 is 4.42 Å². The molecular weight excluding hydrogens is 663 g/mol. The van der Waals surface area contributed by atoms with Crippen LogP contribution in [0.2, 0.25) is 0 Å². The fourth-order valence-corrected chi connectivity index (χ4v) is 9.35. The lowest BCUT2D eigenvalue weighted by Crippen LogP contribution is -2.10. The van der Waals surface area contributed by atoms with Crippen LogP contribution in [-0.4, -0.2) is 0 Å². The van der Waals surface area contributed by atoms with Crippen LogP contribution >= 0.6 is 11.3 Å². The monoisotopic (exact) mass is 693 g/mol. The van der Waals surface area contributed by atoms with Gasteiger partial charge >= 0.3 is 0 Å². The van der Waals surface area contributed by atoms with Crippen molar-refractivity contribution in [1.82, 2.24) is 0 Å². The molecule has 0 aliphatic rings. The third-order valence-electron chi connectivity index (χ3n) is 10.7. The third kappa shape index (κ3) is 4.78. The molecule has 9 aromatic carbocycles. The summed E-state index contributed by atoms with van der Waals surface area (Å²) in [6.45, 7) is 0. The molecule has 0 aliphatic heterocycles. The van der Waals surface area contributed by atoms with Crippen LogP contribution in [0.3, 0.4) is 0 Å². The third-order valence-corrected chi connectivity index (χ3v) is 11.8. The zero-order chi connectivity index (χ0) is 34.9. The minimum atomic E-state index is 0.878. The van der Waals surface area contributed by atoms with Gasteiger partial charge in [0.2, 0.25) is 0 Å². The van der Waals surface area contributed by atoms with E-state index in [1.54, 1.807) is 0 Å². The molecule has 11 rings (SSSR count). The van der Waals surface area contributed by atoms with Gasteiger partial charge in [-0.05, 0) is 92.8 Å². The molecule has 0 unspecified atom stereocenters. The van der Waals surface area contributed by atoms with Crippen molar-refractivity contribution in [3.05, 3.63) is 188 Å². The molecule has 0 saturated heterocycles. The number of furan rings is 1. The summed E-state index contributed by atoms with van der Waals surface area (Å²) in [5.41, 5.74) is 9.67. The van der Waals surface area contributed by atoms with Crippen molar-refractivity contribution in [2.45, 2.75) is 0 Å². The van der Waals surface area contributed by atoms with Gasteiger partial charge in [-0.1, -0.05) is 133 Å². The van der Waals surface area contributed by atoms with Gasteiger partial charge in [0.15, 0.2) is 0 Å². The van der Waals surface area contributed by atoms with E-state index in [2.05, 4.69) is 187 Å². The SMILES string of the molecule is c1ccc(-c2ccc(N(c3ccc(-c4cccc5sc6ccccc6c45)cc3)c3ccc4c(ccc5ccccc54)c3)c3c2oc2ccccc23)cc1.